The van der Waals surface area contributed by atoms with Gasteiger partial charge in [-0.25, -0.2) is 14.3 Å². The number of aromatic amines is 2. The Hall–Kier alpha value is -4.68. The minimum Gasteiger partial charge on any atom is -0.345 e. The van der Waals surface area contributed by atoms with Gasteiger partial charge in [0.1, 0.15) is 23.4 Å². The summed E-state index contributed by atoms with van der Waals surface area (Å²) < 4.78 is 14.9. The zero-order chi connectivity index (χ0) is 27.2. The number of allylic oxidation sites excluding steroid dienone is 3. The molecule has 1 aliphatic rings. The van der Waals surface area contributed by atoms with E-state index >= 15 is 0 Å². The predicted octanol–water partition coefficient (Wildman–Crippen LogP) is 5.18. The molecule has 0 spiro atoms. The zero-order valence-electron chi connectivity index (χ0n) is 20.5. The zero-order valence-corrected chi connectivity index (χ0v) is 21.3. The molecule has 0 bridgehead atoms. The summed E-state index contributed by atoms with van der Waals surface area (Å²) in [5.74, 6) is -0.566. The summed E-state index contributed by atoms with van der Waals surface area (Å²) in [6.07, 6.45) is 6.02. The highest BCUT2D eigenvalue weighted by atomic mass is 35.5. The number of benzene rings is 2. The minimum atomic E-state index is -0.464. The number of amides is 1. The van der Waals surface area contributed by atoms with Gasteiger partial charge in [-0.15, -0.1) is 0 Å². The van der Waals surface area contributed by atoms with E-state index in [1.54, 1.807) is 35.4 Å². The number of hydrogen-bond donors (Lipinski definition) is 3. The summed E-state index contributed by atoms with van der Waals surface area (Å²) in [6, 6.07) is 14.1. The predicted molar refractivity (Wildman–Crippen MR) is 144 cm³/mol. The average molecular weight is 531 g/mol. The summed E-state index contributed by atoms with van der Waals surface area (Å²) in [5, 5.41) is 19.2. The van der Waals surface area contributed by atoms with Gasteiger partial charge in [0.05, 0.1) is 6.54 Å². The van der Waals surface area contributed by atoms with E-state index in [9.17, 15) is 19.2 Å². The molecule has 4 rings (SSSR count). The molecule has 0 saturated heterocycles. The van der Waals surface area contributed by atoms with Crippen LogP contribution in [0.3, 0.4) is 0 Å². The molecule has 0 atom stereocenters. The standard InChI is InChI=1S/C28H24ClFN6O2/c1-3-6-23(21-8-5-4-7-20(21)22-10-9-19(29)14-24(22)30)25(15-31)36-12-11-18(13-17(36)2)27(37)32-16-26-33-28(38)35-34-26/h4-5,7-14H,2-3,6,16H2,1H3,(H,32,37)(H2,33,34,35,38)/b25-23+. The van der Waals surface area contributed by atoms with Crippen molar-refractivity contribution in [1.29, 1.82) is 5.26 Å². The van der Waals surface area contributed by atoms with Crippen molar-refractivity contribution in [2.45, 2.75) is 26.3 Å². The smallest absolute Gasteiger partial charge is 0.340 e. The molecule has 0 radical (unpaired) electrons. The second-order valence-corrected chi connectivity index (χ2v) is 8.88. The van der Waals surface area contributed by atoms with Crippen LogP contribution in [0.15, 0.2) is 89.2 Å². The maximum atomic E-state index is 14.9. The molecule has 1 aromatic heterocycles. The van der Waals surface area contributed by atoms with Gasteiger partial charge in [-0.05, 0) is 53.5 Å². The van der Waals surface area contributed by atoms with E-state index in [4.69, 9.17) is 11.6 Å². The molecule has 0 unspecified atom stereocenters. The summed E-state index contributed by atoms with van der Waals surface area (Å²) in [6.45, 7) is 6.08. The normalized spacial score (nSPS) is 13.6. The van der Waals surface area contributed by atoms with Crippen molar-refractivity contribution in [2.24, 2.45) is 0 Å². The van der Waals surface area contributed by atoms with Crippen LogP contribution in [-0.2, 0) is 11.3 Å². The first-order chi connectivity index (χ1) is 18.3. The maximum Gasteiger partial charge on any atom is 0.340 e. The lowest BCUT2D eigenvalue weighted by Gasteiger charge is -2.26. The first-order valence-electron chi connectivity index (χ1n) is 11.8. The fraction of sp³-hybridized carbons (Fsp3) is 0.143. The Kier molecular flexibility index (Phi) is 8.04. The number of H-pyrrole nitrogens is 2. The molecule has 0 fully saturated rings. The first kappa shape index (κ1) is 26.4. The van der Waals surface area contributed by atoms with Crippen LogP contribution in [0.4, 0.5) is 4.39 Å². The lowest BCUT2D eigenvalue weighted by Crippen LogP contribution is -2.27. The number of carbonyl (C=O) groups is 1. The van der Waals surface area contributed by atoms with Crippen molar-refractivity contribution >= 4 is 23.1 Å². The van der Waals surface area contributed by atoms with Crippen molar-refractivity contribution in [3.05, 3.63) is 117 Å². The van der Waals surface area contributed by atoms with E-state index in [-0.39, 0.29) is 6.54 Å². The largest absolute Gasteiger partial charge is 0.345 e. The van der Waals surface area contributed by atoms with Gasteiger partial charge >= 0.3 is 5.69 Å². The highest BCUT2D eigenvalue weighted by Gasteiger charge is 2.22. The molecule has 10 heteroatoms. The third-order valence-electron chi connectivity index (χ3n) is 5.87. The number of nitrogens with zero attached hydrogens (tertiary/aromatic N) is 3. The minimum absolute atomic E-state index is 0.0288. The molecular weight excluding hydrogens is 507 g/mol. The molecule has 0 aliphatic carbocycles. The Morgan fingerprint density at radius 2 is 2.05 bits per heavy atom. The van der Waals surface area contributed by atoms with Crippen LogP contribution in [0.25, 0.3) is 16.7 Å². The third-order valence-corrected chi connectivity index (χ3v) is 6.10. The van der Waals surface area contributed by atoms with Gasteiger partial charge in [-0.3, -0.25) is 9.78 Å². The SMILES string of the molecule is C=C1C=C(C(=O)NCc2n[nH]c(=O)[nH]2)C=CN1/C(C#N)=C(\CCC)c1ccccc1-c1ccc(Cl)cc1F. The van der Waals surface area contributed by atoms with E-state index < -0.39 is 17.4 Å². The third kappa shape index (κ3) is 5.66. The van der Waals surface area contributed by atoms with Gasteiger partial charge in [-0.1, -0.05) is 55.8 Å². The molecule has 2 aromatic carbocycles. The quantitative estimate of drug-likeness (QED) is 0.347. The van der Waals surface area contributed by atoms with E-state index in [0.717, 1.165) is 12.0 Å². The molecule has 192 valence electrons. The summed E-state index contributed by atoms with van der Waals surface area (Å²) in [4.78, 5) is 27.9. The highest BCUT2D eigenvalue weighted by molar-refractivity contribution is 6.30. The number of aromatic nitrogens is 3. The molecule has 1 amide bonds. The van der Waals surface area contributed by atoms with Crippen molar-refractivity contribution in [2.75, 3.05) is 0 Å². The summed E-state index contributed by atoms with van der Waals surface area (Å²) in [5.41, 5.74) is 3.03. The van der Waals surface area contributed by atoms with Crippen LogP contribution in [0.2, 0.25) is 5.02 Å². The van der Waals surface area contributed by atoms with Crippen LogP contribution in [-0.4, -0.2) is 26.0 Å². The van der Waals surface area contributed by atoms with Crippen LogP contribution < -0.4 is 11.0 Å². The van der Waals surface area contributed by atoms with Crippen LogP contribution >= 0.6 is 11.6 Å². The van der Waals surface area contributed by atoms with E-state index in [1.807, 2.05) is 31.2 Å². The van der Waals surface area contributed by atoms with Gasteiger partial charge in [0.25, 0.3) is 5.91 Å². The van der Waals surface area contributed by atoms with Crippen molar-refractivity contribution in [3.63, 3.8) is 0 Å². The lowest BCUT2D eigenvalue weighted by atomic mass is 9.90. The fourth-order valence-electron chi connectivity index (χ4n) is 4.15. The lowest BCUT2D eigenvalue weighted by molar-refractivity contribution is -0.117. The molecule has 38 heavy (non-hydrogen) atoms. The van der Waals surface area contributed by atoms with Crippen molar-refractivity contribution < 1.29 is 9.18 Å². The Balaban J connectivity index is 1.67. The van der Waals surface area contributed by atoms with Gasteiger partial charge in [0.2, 0.25) is 0 Å². The summed E-state index contributed by atoms with van der Waals surface area (Å²) >= 11 is 5.96. The monoisotopic (exact) mass is 530 g/mol. The van der Waals surface area contributed by atoms with Crippen LogP contribution in [0, 0.1) is 17.1 Å². The molecule has 8 nitrogen and oxygen atoms in total. The fourth-order valence-corrected chi connectivity index (χ4v) is 4.31. The van der Waals surface area contributed by atoms with E-state index in [0.29, 0.717) is 50.9 Å². The van der Waals surface area contributed by atoms with Gasteiger partial charge in [0, 0.05) is 28.1 Å². The van der Waals surface area contributed by atoms with Crippen LogP contribution in [0.5, 0.6) is 0 Å². The summed E-state index contributed by atoms with van der Waals surface area (Å²) in [7, 11) is 0. The highest BCUT2D eigenvalue weighted by Crippen LogP contribution is 2.37. The van der Waals surface area contributed by atoms with E-state index in [1.165, 1.54) is 6.07 Å². The molecule has 0 saturated carbocycles. The van der Waals surface area contributed by atoms with Crippen LogP contribution in [0.1, 0.15) is 31.2 Å². The van der Waals surface area contributed by atoms with Gasteiger partial charge in [-0.2, -0.15) is 10.4 Å². The van der Waals surface area contributed by atoms with E-state index in [2.05, 4.69) is 33.1 Å². The average Bonchev–Trinajstić information content (AvgIpc) is 3.33. The van der Waals surface area contributed by atoms with Gasteiger partial charge < -0.3 is 10.2 Å². The number of rotatable bonds is 8. The topological polar surface area (TPSA) is 118 Å². The second-order valence-electron chi connectivity index (χ2n) is 8.44. The van der Waals surface area contributed by atoms with Gasteiger partial charge in [0.15, 0.2) is 0 Å². The molecule has 1 aliphatic heterocycles. The molecule has 3 N–H and O–H groups in total. The molecule has 3 aromatic rings. The number of nitriles is 1. The van der Waals surface area contributed by atoms with Crippen molar-refractivity contribution in [1.82, 2.24) is 25.4 Å². The number of halogens is 2. The maximum absolute atomic E-state index is 14.9. The number of carbonyl (C=O) groups excluding carboxylic acids is 1. The Morgan fingerprint density at radius 1 is 1.26 bits per heavy atom. The Morgan fingerprint density at radius 3 is 2.71 bits per heavy atom. The first-order valence-corrected chi connectivity index (χ1v) is 12.2. The molecular formula is C28H24ClFN6O2. The number of nitrogens with one attached hydrogen (secondary N) is 3. The molecule has 2 heterocycles. The van der Waals surface area contributed by atoms with Crippen molar-refractivity contribution in [3.8, 4) is 17.2 Å². The Bertz CT molecular complexity index is 1590. The Labute approximate surface area is 223 Å². The number of hydrogen-bond acceptors (Lipinski definition) is 5. The second kappa shape index (κ2) is 11.6.